The molecule has 16 heavy (non-hydrogen) atoms. The van der Waals surface area contributed by atoms with Crippen LogP contribution in [0.1, 0.15) is 30.5 Å². The first kappa shape index (κ1) is 10.4. The van der Waals surface area contributed by atoms with Gasteiger partial charge in [0, 0.05) is 18.2 Å². The second kappa shape index (κ2) is 3.60. The van der Waals surface area contributed by atoms with Gasteiger partial charge in [0.1, 0.15) is 0 Å². The number of halogens is 1. The molecule has 1 aliphatic carbocycles. The molecule has 3 rings (SSSR count). The molecule has 1 saturated heterocycles. The van der Waals surface area contributed by atoms with Crippen LogP contribution in [0.2, 0.25) is 5.15 Å². The van der Waals surface area contributed by atoms with Crippen molar-refractivity contribution in [3.8, 4) is 0 Å². The lowest BCUT2D eigenvalue weighted by molar-refractivity contribution is -0.617. The highest BCUT2D eigenvalue weighted by molar-refractivity contribution is 6.28. The second-order valence-corrected chi connectivity index (χ2v) is 5.15. The van der Waals surface area contributed by atoms with Gasteiger partial charge in [-0.1, -0.05) is 0 Å². The summed E-state index contributed by atoms with van der Waals surface area (Å²) in [7, 11) is 0. The van der Waals surface area contributed by atoms with Crippen LogP contribution >= 0.6 is 11.6 Å². The summed E-state index contributed by atoms with van der Waals surface area (Å²) in [6.45, 7) is 1.43. The molecule has 1 aromatic rings. The van der Waals surface area contributed by atoms with Crippen molar-refractivity contribution < 1.29 is 9.47 Å². The normalized spacial score (nSPS) is 28.3. The van der Waals surface area contributed by atoms with Gasteiger partial charge in [0.25, 0.3) is 5.15 Å². The number of rotatable bonds is 0. The summed E-state index contributed by atoms with van der Waals surface area (Å²) in [5.41, 5.74) is 1.94. The molecule has 1 aromatic heterocycles. The SMILES string of the molecule is [O-][n+]1c(Cl)ccc2c1C1(CCC2)CCOC1. The monoisotopic (exact) mass is 239 g/mol. The Morgan fingerprint density at radius 2 is 2.25 bits per heavy atom. The van der Waals surface area contributed by atoms with Gasteiger partial charge in [-0.15, -0.1) is 0 Å². The van der Waals surface area contributed by atoms with Crippen LogP contribution in [0.25, 0.3) is 0 Å². The third-order valence-electron chi connectivity index (χ3n) is 3.83. The van der Waals surface area contributed by atoms with E-state index in [9.17, 15) is 5.21 Å². The first-order chi connectivity index (χ1) is 7.73. The van der Waals surface area contributed by atoms with Gasteiger partial charge in [0.2, 0.25) is 5.69 Å². The van der Waals surface area contributed by atoms with Crippen molar-refractivity contribution in [2.24, 2.45) is 0 Å². The molecule has 1 spiro atoms. The van der Waals surface area contributed by atoms with Crippen LogP contribution < -0.4 is 4.73 Å². The molecular formula is C12H14ClNO2. The van der Waals surface area contributed by atoms with Gasteiger partial charge in [-0.25, -0.2) is 0 Å². The molecule has 0 radical (unpaired) electrons. The van der Waals surface area contributed by atoms with Crippen molar-refractivity contribution in [1.29, 1.82) is 0 Å². The Morgan fingerprint density at radius 3 is 3.00 bits per heavy atom. The summed E-state index contributed by atoms with van der Waals surface area (Å²) in [6.07, 6.45) is 4.11. The van der Waals surface area contributed by atoms with Crippen molar-refractivity contribution in [2.75, 3.05) is 13.2 Å². The van der Waals surface area contributed by atoms with Gasteiger partial charge in [0.15, 0.2) is 0 Å². The number of fused-ring (bicyclic) bond motifs is 2. The Labute approximate surface area is 99.6 Å². The summed E-state index contributed by atoms with van der Waals surface area (Å²) in [6, 6.07) is 3.69. The maximum absolute atomic E-state index is 12.1. The molecule has 0 N–H and O–H groups in total. The standard InChI is InChI=1S/C12H14ClNO2/c13-10-4-3-9-2-1-5-12(6-7-16-8-12)11(9)14(10)15/h3-4H,1-2,5-8H2. The second-order valence-electron chi connectivity index (χ2n) is 4.76. The molecule has 1 aliphatic heterocycles. The highest BCUT2D eigenvalue weighted by atomic mass is 35.5. The highest BCUT2D eigenvalue weighted by Gasteiger charge is 2.46. The molecule has 2 heterocycles. The van der Waals surface area contributed by atoms with Crippen molar-refractivity contribution in [2.45, 2.75) is 31.1 Å². The van der Waals surface area contributed by atoms with E-state index in [2.05, 4.69) is 0 Å². The van der Waals surface area contributed by atoms with Crippen LogP contribution in [0.5, 0.6) is 0 Å². The number of hydrogen-bond donors (Lipinski definition) is 0. The van der Waals surface area contributed by atoms with Crippen LogP contribution in [0, 0.1) is 5.21 Å². The first-order valence-corrected chi connectivity index (χ1v) is 6.10. The minimum absolute atomic E-state index is 0.0692. The van der Waals surface area contributed by atoms with Gasteiger partial charge in [-0.2, -0.15) is 4.73 Å². The largest absolute Gasteiger partial charge is 0.617 e. The molecule has 1 unspecified atom stereocenters. The summed E-state index contributed by atoms with van der Waals surface area (Å²) in [5, 5.41) is 12.4. The topological polar surface area (TPSA) is 36.2 Å². The van der Waals surface area contributed by atoms with Crippen molar-refractivity contribution >= 4 is 11.6 Å². The van der Waals surface area contributed by atoms with Crippen molar-refractivity contribution in [3.05, 3.63) is 33.8 Å². The fourth-order valence-electron chi connectivity index (χ4n) is 3.04. The molecule has 0 aromatic carbocycles. The number of nitrogens with zero attached hydrogens (tertiary/aromatic N) is 1. The van der Waals surface area contributed by atoms with Gasteiger partial charge in [0.05, 0.1) is 12.0 Å². The van der Waals surface area contributed by atoms with Crippen LogP contribution in [0.15, 0.2) is 12.1 Å². The van der Waals surface area contributed by atoms with E-state index in [1.54, 1.807) is 6.07 Å². The minimum atomic E-state index is -0.0692. The predicted octanol–water partition coefficient (Wildman–Crippen LogP) is 1.97. The maximum Gasteiger partial charge on any atom is 0.286 e. The van der Waals surface area contributed by atoms with E-state index in [0.29, 0.717) is 6.61 Å². The smallest absolute Gasteiger partial charge is 0.286 e. The number of hydrogen-bond acceptors (Lipinski definition) is 2. The third-order valence-corrected chi connectivity index (χ3v) is 4.11. The van der Waals surface area contributed by atoms with E-state index in [1.807, 2.05) is 6.07 Å². The quantitative estimate of drug-likeness (QED) is 0.394. The van der Waals surface area contributed by atoms with Crippen LogP contribution in [-0.2, 0) is 16.6 Å². The molecule has 1 atom stereocenters. The van der Waals surface area contributed by atoms with Crippen molar-refractivity contribution in [3.63, 3.8) is 0 Å². The molecule has 86 valence electrons. The van der Waals surface area contributed by atoms with E-state index in [1.165, 1.54) is 0 Å². The van der Waals surface area contributed by atoms with Crippen molar-refractivity contribution in [1.82, 2.24) is 0 Å². The number of pyridine rings is 1. The molecule has 0 saturated carbocycles. The molecule has 0 amide bonds. The average molecular weight is 240 g/mol. The number of ether oxygens (including phenoxy) is 1. The first-order valence-electron chi connectivity index (χ1n) is 5.72. The van der Waals surface area contributed by atoms with Crippen LogP contribution in [0.4, 0.5) is 0 Å². The van der Waals surface area contributed by atoms with Gasteiger partial charge in [-0.3, -0.25) is 0 Å². The summed E-state index contributed by atoms with van der Waals surface area (Å²) in [4.78, 5) is 0. The fraction of sp³-hybridized carbons (Fsp3) is 0.583. The highest BCUT2D eigenvalue weighted by Crippen LogP contribution is 2.41. The zero-order valence-electron chi connectivity index (χ0n) is 9.04. The molecule has 0 bridgehead atoms. The Hall–Kier alpha value is -0.800. The zero-order chi connectivity index (χ0) is 11.2. The Kier molecular flexibility index (Phi) is 2.33. The molecule has 2 aliphatic rings. The van der Waals surface area contributed by atoms with E-state index >= 15 is 0 Å². The summed E-state index contributed by atoms with van der Waals surface area (Å²) < 4.78 is 6.40. The Bertz CT molecular complexity index is 427. The Balaban J connectivity index is 2.19. The van der Waals surface area contributed by atoms with E-state index < -0.39 is 0 Å². The molecule has 3 nitrogen and oxygen atoms in total. The van der Waals surface area contributed by atoms with Gasteiger partial charge < -0.3 is 9.94 Å². The fourth-order valence-corrected chi connectivity index (χ4v) is 3.19. The maximum atomic E-state index is 12.1. The Morgan fingerprint density at radius 1 is 1.38 bits per heavy atom. The lowest BCUT2D eigenvalue weighted by atomic mass is 9.72. The molecule has 4 heteroatoms. The molecular weight excluding hydrogens is 226 g/mol. The summed E-state index contributed by atoms with van der Waals surface area (Å²) in [5.74, 6) is 0. The molecule has 1 fully saturated rings. The third kappa shape index (κ3) is 1.35. The van der Waals surface area contributed by atoms with Gasteiger partial charge in [-0.05, 0) is 43.4 Å². The van der Waals surface area contributed by atoms with Gasteiger partial charge >= 0.3 is 0 Å². The lowest BCUT2D eigenvalue weighted by Crippen LogP contribution is -2.46. The average Bonchev–Trinajstić information content (AvgIpc) is 2.73. The number of aromatic nitrogens is 1. The van der Waals surface area contributed by atoms with Crippen LogP contribution in [0.3, 0.4) is 0 Å². The zero-order valence-corrected chi connectivity index (χ0v) is 9.79. The lowest BCUT2D eigenvalue weighted by Gasteiger charge is -2.31. The summed E-state index contributed by atoms with van der Waals surface area (Å²) >= 11 is 5.92. The number of aryl methyl sites for hydroxylation is 1. The minimum Gasteiger partial charge on any atom is -0.617 e. The van der Waals surface area contributed by atoms with Crippen LogP contribution in [-0.4, -0.2) is 13.2 Å². The predicted molar refractivity (Wildman–Crippen MR) is 60.5 cm³/mol. The van der Waals surface area contributed by atoms with E-state index in [0.717, 1.165) is 48.3 Å². The van der Waals surface area contributed by atoms with E-state index in [4.69, 9.17) is 16.3 Å². The van der Waals surface area contributed by atoms with E-state index in [-0.39, 0.29) is 10.6 Å².